The number of alkyl halides is 3. The van der Waals surface area contributed by atoms with Gasteiger partial charge in [0, 0.05) is 12.6 Å². The van der Waals surface area contributed by atoms with Gasteiger partial charge in [0.05, 0.1) is 23.1 Å². The van der Waals surface area contributed by atoms with Crippen LogP contribution in [0.2, 0.25) is 0 Å². The smallest absolute Gasteiger partial charge is 0.417 e. The van der Waals surface area contributed by atoms with Gasteiger partial charge in [-0.2, -0.15) is 17.5 Å². The summed E-state index contributed by atoms with van der Waals surface area (Å²) in [5.41, 5.74) is 3.49. The van der Waals surface area contributed by atoms with Gasteiger partial charge in [0.2, 0.25) is 10.0 Å². The molecule has 2 N–H and O–H groups in total. The minimum Gasteiger partial charge on any atom is -0.465 e. The van der Waals surface area contributed by atoms with Crippen molar-refractivity contribution >= 4 is 28.4 Å². The molecule has 1 fully saturated rings. The molecule has 0 aromatic heterocycles. The Balaban J connectivity index is 0.00000338. The van der Waals surface area contributed by atoms with E-state index >= 15 is 0 Å². The topological polar surface area (TPSA) is 89.7 Å². The minimum absolute atomic E-state index is 0. The van der Waals surface area contributed by atoms with E-state index in [4.69, 9.17) is 5.73 Å². The van der Waals surface area contributed by atoms with E-state index in [1.807, 2.05) is 0 Å². The Morgan fingerprint density at radius 2 is 2.00 bits per heavy atom. The van der Waals surface area contributed by atoms with Crippen molar-refractivity contribution in [3.05, 3.63) is 29.3 Å². The monoisotopic (exact) mass is 416 g/mol. The number of benzene rings is 1. The van der Waals surface area contributed by atoms with Gasteiger partial charge in [0.15, 0.2) is 0 Å². The number of halogens is 4. The van der Waals surface area contributed by atoms with E-state index in [1.54, 1.807) is 6.92 Å². The van der Waals surface area contributed by atoms with Gasteiger partial charge in [0.25, 0.3) is 0 Å². The molecule has 0 aliphatic carbocycles. The average molecular weight is 417 g/mol. The SMILES string of the molecule is COC(=O)c1ccc(S(=O)(=O)N2CC(CN)CC2C)cc1C(F)(F)F.Cl. The molecule has 1 saturated heterocycles. The third-order valence-electron chi connectivity index (χ3n) is 4.25. The highest BCUT2D eigenvalue weighted by Crippen LogP contribution is 2.36. The van der Waals surface area contributed by atoms with Gasteiger partial charge in [-0.25, -0.2) is 13.2 Å². The first-order valence-corrected chi connectivity index (χ1v) is 8.97. The van der Waals surface area contributed by atoms with E-state index in [1.165, 1.54) is 0 Å². The molecule has 2 atom stereocenters. The number of nitrogens with two attached hydrogens (primary N) is 1. The second kappa shape index (κ2) is 8.12. The molecule has 1 aliphatic rings. The molecule has 2 unspecified atom stereocenters. The predicted octanol–water partition coefficient (Wildman–Crippen LogP) is 2.27. The molecule has 1 aliphatic heterocycles. The van der Waals surface area contributed by atoms with Gasteiger partial charge in [-0.05, 0) is 44.0 Å². The van der Waals surface area contributed by atoms with Gasteiger partial charge in [-0.3, -0.25) is 0 Å². The van der Waals surface area contributed by atoms with Crippen LogP contribution in [0.3, 0.4) is 0 Å². The maximum absolute atomic E-state index is 13.3. The molecule has 0 saturated carbocycles. The van der Waals surface area contributed by atoms with Crippen molar-refractivity contribution in [1.29, 1.82) is 0 Å². The molecular weight excluding hydrogens is 397 g/mol. The number of rotatable bonds is 4. The Morgan fingerprint density at radius 3 is 2.46 bits per heavy atom. The number of hydrogen-bond acceptors (Lipinski definition) is 5. The molecule has 26 heavy (non-hydrogen) atoms. The fraction of sp³-hybridized carbons (Fsp3) is 0.533. The van der Waals surface area contributed by atoms with Crippen LogP contribution in [-0.2, 0) is 20.9 Å². The molecule has 2 rings (SSSR count). The van der Waals surface area contributed by atoms with E-state index < -0.39 is 38.2 Å². The fourth-order valence-corrected chi connectivity index (χ4v) is 4.70. The summed E-state index contributed by atoms with van der Waals surface area (Å²) >= 11 is 0. The van der Waals surface area contributed by atoms with Gasteiger partial charge in [-0.15, -0.1) is 12.4 Å². The van der Waals surface area contributed by atoms with Crippen molar-refractivity contribution in [3.8, 4) is 0 Å². The zero-order valence-electron chi connectivity index (χ0n) is 14.1. The zero-order chi connectivity index (χ0) is 19.0. The van der Waals surface area contributed by atoms with Crippen LogP contribution in [-0.4, -0.2) is 44.9 Å². The Labute approximate surface area is 155 Å². The van der Waals surface area contributed by atoms with Crippen LogP contribution in [0.4, 0.5) is 13.2 Å². The molecular formula is C15H20ClF3N2O4S. The van der Waals surface area contributed by atoms with Crippen LogP contribution >= 0.6 is 12.4 Å². The molecule has 1 aromatic rings. The van der Waals surface area contributed by atoms with E-state index in [0.29, 0.717) is 19.0 Å². The van der Waals surface area contributed by atoms with E-state index in [2.05, 4.69) is 4.74 Å². The summed E-state index contributed by atoms with van der Waals surface area (Å²) < 4.78 is 70.7. The van der Waals surface area contributed by atoms with Gasteiger partial charge in [0.1, 0.15) is 0 Å². The fourth-order valence-electron chi connectivity index (χ4n) is 2.96. The summed E-state index contributed by atoms with van der Waals surface area (Å²) in [6, 6.07) is 1.92. The van der Waals surface area contributed by atoms with Crippen molar-refractivity contribution < 1.29 is 31.1 Å². The van der Waals surface area contributed by atoms with Crippen molar-refractivity contribution in [2.45, 2.75) is 30.5 Å². The number of sulfonamides is 1. The lowest BCUT2D eigenvalue weighted by molar-refractivity contribution is -0.138. The number of hydrogen-bond donors (Lipinski definition) is 1. The van der Waals surface area contributed by atoms with Crippen LogP contribution in [0.15, 0.2) is 23.1 Å². The quantitative estimate of drug-likeness (QED) is 0.760. The van der Waals surface area contributed by atoms with Gasteiger partial charge < -0.3 is 10.5 Å². The van der Waals surface area contributed by atoms with Crippen LogP contribution in [0, 0.1) is 5.92 Å². The Bertz CT molecular complexity index is 771. The van der Waals surface area contributed by atoms with Crippen molar-refractivity contribution in [2.24, 2.45) is 11.7 Å². The van der Waals surface area contributed by atoms with Crippen molar-refractivity contribution in [1.82, 2.24) is 4.31 Å². The number of carbonyl (C=O) groups excluding carboxylic acids is 1. The Hall–Kier alpha value is -1.36. The number of nitrogens with zero attached hydrogens (tertiary/aromatic N) is 1. The third-order valence-corrected chi connectivity index (χ3v) is 6.22. The summed E-state index contributed by atoms with van der Waals surface area (Å²) in [7, 11) is -3.19. The summed E-state index contributed by atoms with van der Waals surface area (Å²) in [5, 5.41) is 0. The Kier molecular flexibility index (Phi) is 7.08. The minimum atomic E-state index is -4.90. The maximum atomic E-state index is 13.3. The first-order chi connectivity index (χ1) is 11.5. The van der Waals surface area contributed by atoms with Crippen LogP contribution in [0.1, 0.15) is 29.3 Å². The number of methoxy groups -OCH3 is 1. The second-order valence-electron chi connectivity index (χ2n) is 5.96. The molecule has 1 aromatic carbocycles. The van der Waals surface area contributed by atoms with Crippen LogP contribution in [0.5, 0.6) is 0 Å². The molecule has 6 nitrogen and oxygen atoms in total. The van der Waals surface area contributed by atoms with E-state index in [0.717, 1.165) is 23.5 Å². The van der Waals surface area contributed by atoms with Crippen molar-refractivity contribution in [3.63, 3.8) is 0 Å². The summed E-state index contributed by atoms with van der Waals surface area (Å²) in [5.74, 6) is -1.23. The number of ether oxygens (including phenoxy) is 1. The summed E-state index contributed by atoms with van der Waals surface area (Å²) in [6.07, 6.45) is -4.35. The highest BCUT2D eigenvalue weighted by Gasteiger charge is 2.40. The molecule has 0 radical (unpaired) electrons. The lowest BCUT2D eigenvalue weighted by Gasteiger charge is -2.22. The van der Waals surface area contributed by atoms with Gasteiger partial charge >= 0.3 is 12.1 Å². The lowest BCUT2D eigenvalue weighted by atomic mass is 10.1. The number of esters is 1. The molecule has 1 heterocycles. The summed E-state index contributed by atoms with van der Waals surface area (Å²) in [4.78, 5) is 11.0. The van der Waals surface area contributed by atoms with E-state index in [9.17, 15) is 26.4 Å². The maximum Gasteiger partial charge on any atom is 0.417 e. The first-order valence-electron chi connectivity index (χ1n) is 7.53. The highest BCUT2D eigenvalue weighted by atomic mass is 35.5. The Morgan fingerprint density at radius 1 is 1.38 bits per heavy atom. The molecule has 0 spiro atoms. The largest absolute Gasteiger partial charge is 0.465 e. The highest BCUT2D eigenvalue weighted by molar-refractivity contribution is 7.89. The number of carbonyl (C=O) groups is 1. The normalized spacial score (nSPS) is 21.3. The van der Waals surface area contributed by atoms with Gasteiger partial charge in [-0.1, -0.05) is 0 Å². The third kappa shape index (κ3) is 4.30. The molecule has 148 valence electrons. The molecule has 0 amide bonds. The van der Waals surface area contributed by atoms with Crippen LogP contribution in [0.25, 0.3) is 0 Å². The molecule has 0 bridgehead atoms. The summed E-state index contributed by atoms with van der Waals surface area (Å²) in [6.45, 7) is 2.13. The lowest BCUT2D eigenvalue weighted by Crippen LogP contribution is -2.34. The standard InChI is InChI=1S/C15H19F3N2O4S.ClH/c1-9-5-10(7-19)8-20(9)25(22,23)11-3-4-12(14(21)24-2)13(6-11)15(16,17)18;/h3-4,6,9-10H,5,7-8,19H2,1-2H3;1H. The molecule has 11 heteroatoms. The second-order valence-corrected chi connectivity index (χ2v) is 7.85. The average Bonchev–Trinajstić information content (AvgIpc) is 2.94. The first kappa shape index (κ1) is 22.7. The predicted molar refractivity (Wildman–Crippen MR) is 90.5 cm³/mol. The van der Waals surface area contributed by atoms with Crippen LogP contribution < -0.4 is 5.73 Å². The zero-order valence-corrected chi connectivity index (χ0v) is 15.7. The van der Waals surface area contributed by atoms with Crippen molar-refractivity contribution in [2.75, 3.05) is 20.2 Å². The van der Waals surface area contributed by atoms with E-state index in [-0.39, 0.29) is 30.9 Å².